The number of carbonyl (C=O) groups is 2. The largest absolute Gasteiger partial charge is 0.462 e. The molecule has 0 radical (unpaired) electrons. The Labute approximate surface area is 151 Å². The summed E-state index contributed by atoms with van der Waals surface area (Å²) in [6.07, 6.45) is 12.0. The summed E-state index contributed by atoms with van der Waals surface area (Å²) in [6, 6.07) is 0. The Hall–Kier alpha value is -1.64. The fourth-order valence-electron chi connectivity index (χ4n) is 5.52. The Morgan fingerprint density at radius 3 is 2.72 bits per heavy atom. The molecule has 0 aliphatic heterocycles. The lowest BCUT2D eigenvalue weighted by atomic mass is 9.56. The number of rotatable bonds is 4. The summed E-state index contributed by atoms with van der Waals surface area (Å²) in [4.78, 5) is 23.3. The molecular weight excluding hydrogens is 312 g/mol. The van der Waals surface area contributed by atoms with Crippen LogP contribution in [-0.4, -0.2) is 17.9 Å². The van der Waals surface area contributed by atoms with Gasteiger partial charge in [0.25, 0.3) is 0 Å². The van der Waals surface area contributed by atoms with Gasteiger partial charge in [0, 0.05) is 18.8 Å². The number of ketones is 1. The molecule has 0 heterocycles. The van der Waals surface area contributed by atoms with Crippen LogP contribution in [0.15, 0.2) is 34.9 Å². The lowest BCUT2D eigenvalue weighted by Gasteiger charge is -2.50. The summed E-state index contributed by atoms with van der Waals surface area (Å²) >= 11 is 0. The molecule has 0 amide bonds. The fourth-order valence-corrected chi connectivity index (χ4v) is 5.52. The second-order valence-electron chi connectivity index (χ2n) is 7.78. The Bertz CT molecular complexity index is 667. The van der Waals surface area contributed by atoms with E-state index in [1.807, 2.05) is 13.0 Å². The van der Waals surface area contributed by atoms with Crippen molar-refractivity contribution in [2.24, 2.45) is 17.3 Å². The van der Waals surface area contributed by atoms with Gasteiger partial charge >= 0.3 is 5.97 Å². The maximum absolute atomic E-state index is 11.8. The first-order valence-corrected chi connectivity index (χ1v) is 9.76. The predicted molar refractivity (Wildman–Crippen MR) is 98.9 cm³/mol. The molecule has 3 aliphatic carbocycles. The highest BCUT2D eigenvalue weighted by Crippen LogP contribution is 2.54. The highest BCUT2D eigenvalue weighted by molar-refractivity contribution is 5.93. The van der Waals surface area contributed by atoms with Crippen LogP contribution in [0.25, 0.3) is 0 Å². The van der Waals surface area contributed by atoms with E-state index in [1.165, 1.54) is 23.6 Å². The second-order valence-corrected chi connectivity index (χ2v) is 7.78. The van der Waals surface area contributed by atoms with E-state index in [9.17, 15) is 9.59 Å². The van der Waals surface area contributed by atoms with Gasteiger partial charge in [0.2, 0.25) is 0 Å². The standard InChI is InChI=1S/C22H30O3/c1-5-21-20-9-7-16-13-17(24)8-10-18(16)19(20)11-12-22(21,6-2)14(3)25-15(4)23/h11-14,20-21H,5-10H2,1-4H3/t14?,20-,21?,22?/m1/s1. The molecule has 0 spiro atoms. The lowest BCUT2D eigenvalue weighted by molar-refractivity contribution is -0.153. The van der Waals surface area contributed by atoms with Crippen LogP contribution in [0.5, 0.6) is 0 Å². The molecule has 0 fully saturated rings. The number of allylic oxidation sites excluding steroid dienone is 5. The topological polar surface area (TPSA) is 43.4 Å². The van der Waals surface area contributed by atoms with Gasteiger partial charge in [-0.05, 0) is 67.2 Å². The van der Waals surface area contributed by atoms with Crippen molar-refractivity contribution in [3.63, 3.8) is 0 Å². The summed E-state index contributed by atoms with van der Waals surface area (Å²) in [5.41, 5.74) is 4.02. The van der Waals surface area contributed by atoms with E-state index in [2.05, 4.69) is 26.0 Å². The third-order valence-electron chi connectivity index (χ3n) is 6.72. The van der Waals surface area contributed by atoms with E-state index in [0.717, 1.165) is 32.1 Å². The average molecular weight is 342 g/mol. The van der Waals surface area contributed by atoms with E-state index in [1.54, 1.807) is 0 Å². The highest BCUT2D eigenvalue weighted by Gasteiger charge is 2.48. The number of hydrogen-bond donors (Lipinski definition) is 0. The highest BCUT2D eigenvalue weighted by atomic mass is 16.5. The molecule has 0 aromatic heterocycles. The van der Waals surface area contributed by atoms with E-state index in [0.29, 0.717) is 18.3 Å². The molecule has 136 valence electrons. The van der Waals surface area contributed by atoms with Crippen LogP contribution in [0.3, 0.4) is 0 Å². The Kier molecular flexibility index (Phi) is 5.04. The molecule has 0 bridgehead atoms. The second kappa shape index (κ2) is 6.93. The number of esters is 1. The smallest absolute Gasteiger partial charge is 0.302 e. The molecule has 0 saturated heterocycles. The van der Waals surface area contributed by atoms with Crippen molar-refractivity contribution in [3.8, 4) is 0 Å². The first kappa shape index (κ1) is 18.2. The quantitative estimate of drug-likeness (QED) is 0.681. The maximum atomic E-state index is 11.8. The molecule has 3 aliphatic rings. The van der Waals surface area contributed by atoms with Crippen molar-refractivity contribution in [1.29, 1.82) is 0 Å². The van der Waals surface area contributed by atoms with Crippen LogP contribution >= 0.6 is 0 Å². The van der Waals surface area contributed by atoms with Crippen LogP contribution in [0.4, 0.5) is 0 Å². The summed E-state index contributed by atoms with van der Waals surface area (Å²) in [6.45, 7) is 8.01. The van der Waals surface area contributed by atoms with E-state index >= 15 is 0 Å². The molecule has 0 N–H and O–H groups in total. The summed E-state index contributed by atoms with van der Waals surface area (Å²) in [7, 11) is 0. The number of ether oxygens (including phenoxy) is 1. The van der Waals surface area contributed by atoms with Gasteiger partial charge in [0.15, 0.2) is 5.78 Å². The minimum atomic E-state index is -0.201. The van der Waals surface area contributed by atoms with Crippen molar-refractivity contribution in [2.75, 3.05) is 0 Å². The summed E-state index contributed by atoms with van der Waals surface area (Å²) in [5, 5.41) is 0. The number of fused-ring (bicyclic) bond motifs is 2. The Morgan fingerprint density at radius 2 is 2.08 bits per heavy atom. The molecule has 0 aromatic rings. The SMILES string of the molecule is CCC1[C@@H]2CCC3=CC(=O)CCC3=C2C=CC1(CC)C(C)OC(C)=O. The average Bonchev–Trinajstić information content (AvgIpc) is 2.59. The first-order chi connectivity index (χ1) is 11.9. The Morgan fingerprint density at radius 1 is 1.32 bits per heavy atom. The van der Waals surface area contributed by atoms with Gasteiger partial charge in [-0.1, -0.05) is 32.4 Å². The summed E-state index contributed by atoms with van der Waals surface area (Å²) < 4.78 is 5.65. The van der Waals surface area contributed by atoms with Gasteiger partial charge in [-0.3, -0.25) is 9.59 Å². The van der Waals surface area contributed by atoms with Gasteiger partial charge in [0.1, 0.15) is 6.10 Å². The minimum absolute atomic E-state index is 0.0964. The van der Waals surface area contributed by atoms with Crippen molar-refractivity contribution in [1.82, 2.24) is 0 Å². The molecule has 0 aromatic carbocycles. The number of carbonyl (C=O) groups excluding carboxylic acids is 2. The molecule has 3 heteroatoms. The lowest BCUT2D eigenvalue weighted by Crippen LogP contribution is -2.46. The van der Waals surface area contributed by atoms with E-state index in [-0.39, 0.29) is 23.3 Å². The van der Waals surface area contributed by atoms with Crippen LogP contribution < -0.4 is 0 Å². The minimum Gasteiger partial charge on any atom is -0.462 e. The van der Waals surface area contributed by atoms with E-state index in [4.69, 9.17) is 4.74 Å². The monoisotopic (exact) mass is 342 g/mol. The molecule has 3 rings (SSSR count). The Balaban J connectivity index is 2.05. The zero-order valence-corrected chi connectivity index (χ0v) is 15.9. The first-order valence-electron chi connectivity index (χ1n) is 9.76. The predicted octanol–water partition coefficient (Wildman–Crippen LogP) is 4.93. The molecule has 25 heavy (non-hydrogen) atoms. The van der Waals surface area contributed by atoms with Crippen LogP contribution in [-0.2, 0) is 14.3 Å². The van der Waals surface area contributed by atoms with Gasteiger partial charge in [-0.2, -0.15) is 0 Å². The summed E-state index contributed by atoms with van der Waals surface area (Å²) in [5.74, 6) is 1.05. The van der Waals surface area contributed by atoms with Gasteiger partial charge in [-0.15, -0.1) is 0 Å². The number of hydrogen-bond acceptors (Lipinski definition) is 3. The third-order valence-corrected chi connectivity index (χ3v) is 6.72. The molecule has 3 nitrogen and oxygen atoms in total. The normalized spacial score (nSPS) is 32.6. The third kappa shape index (κ3) is 3.02. The van der Waals surface area contributed by atoms with Crippen molar-refractivity contribution in [2.45, 2.75) is 72.3 Å². The maximum Gasteiger partial charge on any atom is 0.302 e. The van der Waals surface area contributed by atoms with Gasteiger partial charge in [-0.25, -0.2) is 0 Å². The van der Waals surface area contributed by atoms with Gasteiger partial charge in [0.05, 0.1) is 0 Å². The van der Waals surface area contributed by atoms with Crippen LogP contribution in [0, 0.1) is 17.3 Å². The van der Waals surface area contributed by atoms with Crippen LogP contribution in [0.2, 0.25) is 0 Å². The van der Waals surface area contributed by atoms with Crippen LogP contribution in [0.1, 0.15) is 66.2 Å². The zero-order chi connectivity index (χ0) is 18.2. The van der Waals surface area contributed by atoms with Crippen molar-refractivity contribution < 1.29 is 14.3 Å². The van der Waals surface area contributed by atoms with Crippen molar-refractivity contribution in [3.05, 3.63) is 34.9 Å². The molecule has 3 unspecified atom stereocenters. The fraction of sp³-hybridized carbons (Fsp3) is 0.636. The van der Waals surface area contributed by atoms with E-state index < -0.39 is 0 Å². The molecular formula is C22H30O3. The molecule has 4 atom stereocenters. The zero-order valence-electron chi connectivity index (χ0n) is 15.9. The molecule has 0 saturated carbocycles. The van der Waals surface area contributed by atoms with Gasteiger partial charge < -0.3 is 4.74 Å². The van der Waals surface area contributed by atoms with Crippen molar-refractivity contribution >= 4 is 11.8 Å².